The summed E-state index contributed by atoms with van der Waals surface area (Å²) in [6, 6.07) is 1.63. The second-order valence-electron chi connectivity index (χ2n) is 6.98. The quantitative estimate of drug-likeness (QED) is 0.696. The molecule has 1 aliphatic heterocycles. The maximum absolute atomic E-state index is 12.2. The third-order valence-electron chi connectivity index (χ3n) is 5.10. The van der Waals surface area contributed by atoms with Gasteiger partial charge in [-0.1, -0.05) is 11.6 Å². The van der Waals surface area contributed by atoms with Crippen LogP contribution in [0.15, 0.2) is 6.07 Å². The van der Waals surface area contributed by atoms with Gasteiger partial charge in [0.1, 0.15) is 5.82 Å². The van der Waals surface area contributed by atoms with Crippen LogP contribution in [-0.2, 0) is 19.9 Å². The van der Waals surface area contributed by atoms with Crippen molar-refractivity contribution < 1.29 is 4.79 Å². The van der Waals surface area contributed by atoms with Gasteiger partial charge in [0, 0.05) is 40.0 Å². The Bertz CT molecular complexity index is 1030. The number of rotatable bonds is 5. The monoisotopic (exact) mass is 402 g/mol. The molecule has 10 heteroatoms. The summed E-state index contributed by atoms with van der Waals surface area (Å²) in [4.78, 5) is 23.7. The van der Waals surface area contributed by atoms with Crippen molar-refractivity contribution in [2.45, 2.75) is 32.6 Å². The number of amides is 1. The Kier molecular flexibility index (Phi) is 4.92. The van der Waals surface area contributed by atoms with Gasteiger partial charge in [-0.05, 0) is 25.8 Å². The number of anilines is 1. The molecule has 148 valence electrons. The maximum Gasteiger partial charge on any atom is 0.254 e. The van der Waals surface area contributed by atoms with E-state index in [1.165, 1.54) is 12.8 Å². The van der Waals surface area contributed by atoms with Gasteiger partial charge in [0.2, 0.25) is 5.95 Å². The molecule has 0 bridgehead atoms. The smallest absolute Gasteiger partial charge is 0.254 e. The van der Waals surface area contributed by atoms with Crippen molar-refractivity contribution in [3.63, 3.8) is 0 Å². The second kappa shape index (κ2) is 7.38. The lowest BCUT2D eigenvalue weighted by atomic mass is 10.2. The third kappa shape index (κ3) is 3.30. The predicted octanol–water partition coefficient (Wildman–Crippen LogP) is 1.56. The van der Waals surface area contributed by atoms with Crippen LogP contribution in [0.5, 0.6) is 0 Å². The lowest BCUT2D eigenvalue weighted by Gasteiger charge is -2.10. The van der Waals surface area contributed by atoms with Gasteiger partial charge >= 0.3 is 0 Å². The average Bonchev–Trinajstić information content (AvgIpc) is 3.42. The van der Waals surface area contributed by atoms with E-state index in [9.17, 15) is 4.79 Å². The molecule has 1 N–H and O–H groups in total. The Morgan fingerprint density at radius 1 is 1.21 bits per heavy atom. The molecule has 28 heavy (non-hydrogen) atoms. The number of hydrogen-bond acceptors (Lipinski definition) is 6. The Morgan fingerprint density at radius 3 is 2.68 bits per heavy atom. The minimum absolute atomic E-state index is 0.241. The number of hydrogen-bond donors (Lipinski definition) is 1. The van der Waals surface area contributed by atoms with Crippen molar-refractivity contribution in [1.29, 1.82) is 0 Å². The van der Waals surface area contributed by atoms with Crippen molar-refractivity contribution in [3.8, 4) is 0 Å². The lowest BCUT2D eigenvalue weighted by Crippen LogP contribution is -2.19. The van der Waals surface area contributed by atoms with E-state index < -0.39 is 0 Å². The van der Waals surface area contributed by atoms with E-state index in [1.807, 2.05) is 18.7 Å². The van der Waals surface area contributed by atoms with E-state index in [2.05, 4.69) is 30.4 Å². The summed E-state index contributed by atoms with van der Waals surface area (Å²) in [6.45, 7) is 3.88. The first-order valence-electron chi connectivity index (χ1n) is 9.39. The zero-order valence-corrected chi connectivity index (χ0v) is 17.0. The molecule has 0 saturated carbocycles. The van der Waals surface area contributed by atoms with Crippen molar-refractivity contribution in [3.05, 3.63) is 34.0 Å². The van der Waals surface area contributed by atoms with E-state index >= 15 is 0 Å². The van der Waals surface area contributed by atoms with Crippen LogP contribution in [0.4, 0.5) is 5.95 Å². The largest absolute Gasteiger partial charge is 0.355 e. The zero-order valence-electron chi connectivity index (χ0n) is 16.2. The van der Waals surface area contributed by atoms with E-state index in [1.54, 1.807) is 17.6 Å². The molecule has 1 fully saturated rings. The Hall–Kier alpha value is -2.68. The number of pyridine rings is 1. The number of aryl methyl sites for hydroxylation is 4. The fourth-order valence-corrected chi connectivity index (χ4v) is 3.65. The summed E-state index contributed by atoms with van der Waals surface area (Å²) in [5.41, 5.74) is 1.66. The predicted molar refractivity (Wildman–Crippen MR) is 106 cm³/mol. The van der Waals surface area contributed by atoms with Crippen LogP contribution in [0.1, 0.15) is 40.5 Å². The standard InChI is InChI=1S/C18H23ClN8O/c1-11-13(19)10-12(17(28)20-2)16-21-14(23-27(11)16)6-7-15-22-18(24-25(15)3)26-8-4-5-9-26/h10H,4-9H2,1-3H3,(H,20,28). The summed E-state index contributed by atoms with van der Waals surface area (Å²) >= 11 is 6.27. The number of nitrogens with one attached hydrogen (secondary N) is 1. The van der Waals surface area contributed by atoms with Crippen LogP contribution in [0.3, 0.4) is 0 Å². The molecule has 1 amide bonds. The van der Waals surface area contributed by atoms with Gasteiger partial charge in [-0.25, -0.2) is 9.50 Å². The van der Waals surface area contributed by atoms with Gasteiger partial charge in [-0.2, -0.15) is 10.1 Å². The molecular formula is C18H23ClN8O. The number of halogens is 1. The summed E-state index contributed by atoms with van der Waals surface area (Å²) in [7, 11) is 3.49. The van der Waals surface area contributed by atoms with E-state index in [-0.39, 0.29) is 5.91 Å². The molecule has 3 aromatic heterocycles. The molecule has 1 saturated heterocycles. The number of carbonyl (C=O) groups excluding carboxylic acids is 1. The molecule has 1 aliphatic rings. The normalized spacial score (nSPS) is 14.2. The van der Waals surface area contributed by atoms with Crippen molar-refractivity contribution >= 4 is 29.1 Å². The topological polar surface area (TPSA) is 93.2 Å². The highest BCUT2D eigenvalue weighted by Crippen LogP contribution is 2.21. The van der Waals surface area contributed by atoms with Gasteiger partial charge < -0.3 is 10.2 Å². The van der Waals surface area contributed by atoms with Gasteiger partial charge in [0.05, 0.1) is 16.3 Å². The highest BCUT2D eigenvalue weighted by atomic mass is 35.5. The highest BCUT2D eigenvalue weighted by Gasteiger charge is 2.20. The molecule has 0 radical (unpaired) electrons. The van der Waals surface area contributed by atoms with Crippen LogP contribution in [-0.4, -0.2) is 55.4 Å². The van der Waals surface area contributed by atoms with Crippen LogP contribution < -0.4 is 10.2 Å². The first-order chi connectivity index (χ1) is 13.5. The van der Waals surface area contributed by atoms with Crippen molar-refractivity contribution in [2.24, 2.45) is 7.05 Å². The van der Waals surface area contributed by atoms with Crippen molar-refractivity contribution in [2.75, 3.05) is 25.0 Å². The lowest BCUT2D eigenvalue weighted by molar-refractivity contribution is 0.0964. The summed E-state index contributed by atoms with van der Waals surface area (Å²) in [5, 5.41) is 12.2. The molecule has 0 unspecified atom stereocenters. The highest BCUT2D eigenvalue weighted by molar-refractivity contribution is 6.31. The number of nitrogens with zero attached hydrogens (tertiary/aromatic N) is 7. The molecule has 0 aliphatic carbocycles. The maximum atomic E-state index is 12.2. The summed E-state index contributed by atoms with van der Waals surface area (Å²) < 4.78 is 3.45. The Morgan fingerprint density at radius 2 is 1.96 bits per heavy atom. The van der Waals surface area contributed by atoms with E-state index in [0.717, 1.165) is 30.6 Å². The first-order valence-corrected chi connectivity index (χ1v) is 9.77. The molecule has 9 nitrogen and oxygen atoms in total. The zero-order chi connectivity index (χ0) is 19.8. The van der Waals surface area contributed by atoms with Gasteiger partial charge in [0.25, 0.3) is 5.91 Å². The minimum Gasteiger partial charge on any atom is -0.355 e. The molecule has 4 rings (SSSR count). The van der Waals surface area contributed by atoms with Gasteiger partial charge in [-0.3, -0.25) is 9.48 Å². The Labute approximate surface area is 167 Å². The second-order valence-corrected chi connectivity index (χ2v) is 7.39. The molecule has 4 heterocycles. The van der Waals surface area contributed by atoms with Crippen LogP contribution >= 0.6 is 11.6 Å². The average molecular weight is 403 g/mol. The summed E-state index contributed by atoms with van der Waals surface area (Å²) in [5.74, 6) is 2.08. The van der Waals surface area contributed by atoms with Gasteiger partial charge in [-0.15, -0.1) is 5.10 Å². The third-order valence-corrected chi connectivity index (χ3v) is 5.48. The molecule has 3 aromatic rings. The molecule has 0 aromatic carbocycles. The Balaban J connectivity index is 1.59. The molecular weight excluding hydrogens is 380 g/mol. The number of carbonyl (C=O) groups is 1. The SMILES string of the molecule is CNC(=O)c1cc(Cl)c(C)n2nc(CCc3nc(N4CCCC4)nn3C)nc12. The fourth-order valence-electron chi connectivity index (χ4n) is 3.46. The fraction of sp³-hybridized carbons (Fsp3) is 0.500. The number of fused-ring (bicyclic) bond motifs is 1. The van der Waals surface area contributed by atoms with E-state index in [0.29, 0.717) is 34.9 Å². The molecule has 0 atom stereocenters. The van der Waals surface area contributed by atoms with Gasteiger partial charge in [0.15, 0.2) is 11.5 Å². The van der Waals surface area contributed by atoms with E-state index in [4.69, 9.17) is 11.6 Å². The van der Waals surface area contributed by atoms with Crippen LogP contribution in [0.2, 0.25) is 5.02 Å². The summed E-state index contributed by atoms with van der Waals surface area (Å²) in [6.07, 6.45) is 3.64. The first kappa shape index (κ1) is 18.7. The minimum atomic E-state index is -0.241. The molecule has 0 spiro atoms. The van der Waals surface area contributed by atoms with Crippen molar-refractivity contribution in [1.82, 2.24) is 34.7 Å². The van der Waals surface area contributed by atoms with Crippen LogP contribution in [0, 0.1) is 6.92 Å². The number of aromatic nitrogens is 6. The van der Waals surface area contributed by atoms with Crippen LogP contribution in [0.25, 0.3) is 5.65 Å².